The van der Waals surface area contributed by atoms with E-state index in [2.05, 4.69) is 40.5 Å². The molecule has 0 saturated carbocycles. The molecule has 1 aliphatic heterocycles. The lowest BCUT2D eigenvalue weighted by atomic mass is 10.0. The predicted molar refractivity (Wildman–Crippen MR) is 164 cm³/mol. The van der Waals surface area contributed by atoms with Gasteiger partial charge < -0.3 is 5.32 Å². The third-order valence-corrected chi connectivity index (χ3v) is 11.1. The quantitative estimate of drug-likeness (QED) is 0.206. The highest BCUT2D eigenvalue weighted by Gasteiger charge is 2.28. The molecule has 9 heteroatoms. The van der Waals surface area contributed by atoms with Crippen LogP contribution >= 0.6 is 22.7 Å². The van der Waals surface area contributed by atoms with Crippen LogP contribution in [0.2, 0.25) is 0 Å². The van der Waals surface area contributed by atoms with Gasteiger partial charge in [0.1, 0.15) is 10.0 Å². The second kappa shape index (κ2) is 11.6. The van der Waals surface area contributed by atoms with Gasteiger partial charge >= 0.3 is 0 Å². The molecule has 40 heavy (non-hydrogen) atoms. The Hall–Kier alpha value is -3.37. The molecule has 0 spiro atoms. The summed E-state index contributed by atoms with van der Waals surface area (Å²) in [5.41, 5.74) is 4.52. The number of sulfone groups is 1. The molecular weight excluding hydrogens is 559 g/mol. The molecule has 5 aromatic rings. The van der Waals surface area contributed by atoms with Crippen molar-refractivity contribution in [3.63, 3.8) is 0 Å². The van der Waals surface area contributed by atoms with Crippen LogP contribution in [0.1, 0.15) is 28.8 Å². The topological polar surface area (TPSA) is 79.4 Å². The van der Waals surface area contributed by atoms with Gasteiger partial charge in [-0.3, -0.25) is 9.69 Å². The first-order valence-electron chi connectivity index (χ1n) is 13.3. The van der Waals surface area contributed by atoms with E-state index in [1.54, 1.807) is 53.0 Å². The number of amides is 1. The van der Waals surface area contributed by atoms with Crippen molar-refractivity contribution in [3.05, 3.63) is 101 Å². The van der Waals surface area contributed by atoms with E-state index in [9.17, 15) is 13.2 Å². The molecule has 6 nitrogen and oxygen atoms in total. The molecule has 204 valence electrons. The molecule has 0 saturated heterocycles. The maximum atomic E-state index is 13.1. The van der Waals surface area contributed by atoms with Crippen molar-refractivity contribution >= 4 is 53.6 Å². The minimum Gasteiger partial charge on any atom is -0.317 e. The molecule has 0 radical (unpaired) electrons. The predicted octanol–water partition coefficient (Wildman–Crippen LogP) is 6.78. The Balaban J connectivity index is 1.22. The molecule has 3 aromatic carbocycles. The third kappa shape index (κ3) is 5.88. The van der Waals surface area contributed by atoms with E-state index in [-0.39, 0.29) is 24.5 Å². The largest absolute Gasteiger partial charge is 0.317 e. The lowest BCUT2D eigenvalue weighted by Crippen LogP contribution is -2.29. The van der Waals surface area contributed by atoms with Crippen LogP contribution in [0.25, 0.3) is 20.8 Å². The fourth-order valence-corrected chi connectivity index (χ4v) is 8.83. The van der Waals surface area contributed by atoms with Crippen LogP contribution in [0.5, 0.6) is 0 Å². The Morgan fingerprint density at radius 2 is 1.65 bits per heavy atom. The van der Waals surface area contributed by atoms with E-state index in [0.717, 1.165) is 51.8 Å². The first-order valence-corrected chi connectivity index (χ1v) is 16.6. The summed E-state index contributed by atoms with van der Waals surface area (Å²) < 4.78 is 26.4. The van der Waals surface area contributed by atoms with Crippen LogP contribution in [0.3, 0.4) is 0 Å². The van der Waals surface area contributed by atoms with E-state index in [1.165, 1.54) is 16.0 Å². The van der Waals surface area contributed by atoms with Crippen LogP contribution in [0.4, 0.5) is 5.00 Å². The standard InChI is InChI=1S/C31H29N3O3S3/c35-28(16-9-19-40(36,37)23-12-5-2-6-13-23)33-31-29(30-32-25-14-7-8-15-26(25)38-30)24-17-18-34(21-27(24)39-31)20-22-10-3-1-4-11-22/h1-8,10-15H,9,16-21H2,(H,33,35). The van der Waals surface area contributed by atoms with Crippen LogP contribution in [0, 0.1) is 0 Å². The van der Waals surface area contributed by atoms with E-state index >= 15 is 0 Å². The maximum absolute atomic E-state index is 13.1. The van der Waals surface area contributed by atoms with Crippen LogP contribution in [-0.4, -0.2) is 36.5 Å². The summed E-state index contributed by atoms with van der Waals surface area (Å²) in [4.78, 5) is 22.0. The Kier molecular flexibility index (Phi) is 7.80. The number of hydrogen-bond acceptors (Lipinski definition) is 7. The smallest absolute Gasteiger partial charge is 0.225 e. The van der Waals surface area contributed by atoms with Crippen LogP contribution < -0.4 is 5.32 Å². The summed E-state index contributed by atoms with van der Waals surface area (Å²) in [6, 6.07) is 27.0. The number of rotatable bonds is 9. The number of fused-ring (bicyclic) bond motifs is 2. The molecule has 6 rings (SSSR count). The molecule has 0 atom stereocenters. The Bertz CT molecular complexity index is 1710. The van der Waals surface area contributed by atoms with Gasteiger partial charge in [-0.15, -0.1) is 22.7 Å². The summed E-state index contributed by atoms with van der Waals surface area (Å²) >= 11 is 3.26. The second-order valence-corrected chi connectivity index (χ2v) is 14.2. The first-order chi connectivity index (χ1) is 19.5. The maximum Gasteiger partial charge on any atom is 0.225 e. The molecule has 2 aromatic heterocycles. The summed E-state index contributed by atoms with van der Waals surface area (Å²) in [7, 11) is -3.42. The van der Waals surface area contributed by atoms with E-state index in [0.29, 0.717) is 4.90 Å². The van der Waals surface area contributed by atoms with Gasteiger partial charge in [0.25, 0.3) is 0 Å². The van der Waals surface area contributed by atoms with Gasteiger partial charge in [0.2, 0.25) is 5.91 Å². The fraction of sp³-hybridized carbons (Fsp3) is 0.226. The number of thiophene rings is 1. The lowest BCUT2D eigenvalue weighted by Gasteiger charge is -2.27. The fourth-order valence-electron chi connectivity index (χ4n) is 5.08. The molecule has 1 amide bonds. The van der Waals surface area contributed by atoms with Gasteiger partial charge in [-0.2, -0.15) is 0 Å². The molecule has 0 unspecified atom stereocenters. The van der Waals surface area contributed by atoms with Gasteiger partial charge in [-0.25, -0.2) is 13.4 Å². The van der Waals surface area contributed by atoms with Crippen molar-refractivity contribution in [2.24, 2.45) is 0 Å². The van der Waals surface area contributed by atoms with Gasteiger partial charge in [0, 0.05) is 36.5 Å². The number of aromatic nitrogens is 1. The van der Waals surface area contributed by atoms with Crippen molar-refractivity contribution in [3.8, 4) is 10.6 Å². The monoisotopic (exact) mass is 587 g/mol. The highest BCUT2D eigenvalue weighted by atomic mass is 32.2. The molecule has 1 aliphatic rings. The molecular formula is C31H29N3O3S3. The third-order valence-electron chi connectivity index (χ3n) is 7.06. The number of carbonyl (C=O) groups excluding carboxylic acids is 1. The average molecular weight is 588 g/mol. The minimum atomic E-state index is -3.42. The summed E-state index contributed by atoms with van der Waals surface area (Å²) in [5.74, 6) is -0.241. The molecule has 1 N–H and O–H groups in total. The van der Waals surface area contributed by atoms with E-state index in [1.807, 2.05) is 24.3 Å². The number of benzene rings is 3. The van der Waals surface area contributed by atoms with Crippen LogP contribution in [-0.2, 0) is 34.1 Å². The van der Waals surface area contributed by atoms with E-state index < -0.39 is 9.84 Å². The zero-order valence-electron chi connectivity index (χ0n) is 21.9. The average Bonchev–Trinajstić information content (AvgIpc) is 3.54. The number of nitrogens with one attached hydrogen (secondary N) is 1. The minimum absolute atomic E-state index is 0.0649. The number of hydrogen-bond donors (Lipinski definition) is 1. The molecule has 0 bridgehead atoms. The Labute approximate surface area is 242 Å². The normalized spacial score (nSPS) is 13.8. The van der Waals surface area contributed by atoms with Crippen molar-refractivity contribution in [2.75, 3.05) is 17.6 Å². The zero-order valence-corrected chi connectivity index (χ0v) is 24.3. The van der Waals surface area contributed by atoms with Crippen molar-refractivity contribution in [2.45, 2.75) is 37.2 Å². The Morgan fingerprint density at radius 1 is 0.925 bits per heavy atom. The highest BCUT2D eigenvalue weighted by molar-refractivity contribution is 7.91. The summed E-state index contributed by atoms with van der Waals surface area (Å²) in [6.07, 6.45) is 1.28. The summed E-state index contributed by atoms with van der Waals surface area (Å²) in [5, 5.41) is 4.86. The van der Waals surface area contributed by atoms with Gasteiger partial charge in [-0.05, 0) is 48.2 Å². The van der Waals surface area contributed by atoms with Crippen LogP contribution in [0.15, 0.2) is 89.8 Å². The van der Waals surface area contributed by atoms with Gasteiger partial charge in [0.05, 0.1) is 20.9 Å². The highest BCUT2D eigenvalue weighted by Crippen LogP contribution is 2.46. The molecule has 0 aliphatic carbocycles. The number of nitrogens with zero attached hydrogens (tertiary/aromatic N) is 2. The Morgan fingerprint density at radius 3 is 2.42 bits per heavy atom. The molecule has 3 heterocycles. The van der Waals surface area contributed by atoms with Crippen molar-refractivity contribution in [1.82, 2.24) is 9.88 Å². The summed E-state index contributed by atoms with van der Waals surface area (Å²) in [6.45, 7) is 2.63. The number of anilines is 1. The number of thiazole rings is 1. The zero-order chi connectivity index (χ0) is 27.5. The van der Waals surface area contributed by atoms with Gasteiger partial charge in [0.15, 0.2) is 9.84 Å². The van der Waals surface area contributed by atoms with Gasteiger partial charge in [-0.1, -0.05) is 60.7 Å². The number of para-hydroxylation sites is 1. The van der Waals surface area contributed by atoms with E-state index in [4.69, 9.17) is 4.98 Å². The SMILES string of the molecule is O=C(CCCS(=O)(=O)c1ccccc1)Nc1sc2c(c1-c1nc3ccccc3s1)CCN(Cc1ccccc1)C2. The van der Waals surface area contributed by atoms with Crippen molar-refractivity contribution in [1.29, 1.82) is 0 Å². The lowest BCUT2D eigenvalue weighted by molar-refractivity contribution is -0.116. The second-order valence-electron chi connectivity index (χ2n) is 9.92. The van der Waals surface area contributed by atoms with Crippen molar-refractivity contribution < 1.29 is 13.2 Å². The molecule has 0 fully saturated rings. The number of carbonyl (C=O) groups is 1. The first kappa shape index (κ1) is 26.8.